The average molecular weight is 325 g/mol. The van der Waals surface area contributed by atoms with Gasteiger partial charge in [-0.25, -0.2) is 0 Å². The van der Waals surface area contributed by atoms with E-state index in [-0.39, 0.29) is 18.2 Å². The molecule has 0 radical (unpaired) electrons. The van der Waals surface area contributed by atoms with Gasteiger partial charge in [0.2, 0.25) is 11.8 Å². The van der Waals surface area contributed by atoms with Gasteiger partial charge in [0.15, 0.2) is 0 Å². The fourth-order valence-corrected chi connectivity index (χ4v) is 2.39. The normalized spacial score (nSPS) is 10.3. The molecule has 0 bridgehead atoms. The number of aromatic nitrogens is 1. The molecular weight excluding hydrogens is 302 g/mol. The van der Waals surface area contributed by atoms with Crippen molar-refractivity contribution in [2.45, 2.75) is 33.7 Å². The first-order valence-corrected chi connectivity index (χ1v) is 7.98. The van der Waals surface area contributed by atoms with Gasteiger partial charge in [-0.2, -0.15) is 0 Å². The highest BCUT2D eigenvalue weighted by Crippen LogP contribution is 2.18. The molecule has 0 saturated heterocycles. The van der Waals surface area contributed by atoms with E-state index in [1.54, 1.807) is 17.3 Å². The maximum absolute atomic E-state index is 12.2. The molecule has 1 N–H and O–H groups in total. The van der Waals surface area contributed by atoms with Crippen molar-refractivity contribution in [2.24, 2.45) is 0 Å². The molecule has 0 unspecified atom stereocenters. The molecule has 1 aromatic carbocycles. The number of nitrogens with one attached hydrogen (secondary N) is 1. The smallest absolute Gasteiger partial charge is 0.226 e. The highest BCUT2D eigenvalue weighted by Gasteiger charge is 2.12. The summed E-state index contributed by atoms with van der Waals surface area (Å²) in [5.74, 6) is -0.143. The molecule has 1 heterocycles. The van der Waals surface area contributed by atoms with Gasteiger partial charge in [0, 0.05) is 44.5 Å². The van der Waals surface area contributed by atoms with Crippen LogP contribution in [0.2, 0.25) is 0 Å². The molecule has 2 amide bonds. The van der Waals surface area contributed by atoms with Crippen molar-refractivity contribution in [3.63, 3.8) is 0 Å². The van der Waals surface area contributed by atoms with Gasteiger partial charge in [0.25, 0.3) is 0 Å². The number of anilines is 1. The van der Waals surface area contributed by atoms with Crippen LogP contribution in [-0.4, -0.2) is 28.2 Å². The maximum atomic E-state index is 12.2. The van der Waals surface area contributed by atoms with Gasteiger partial charge in [-0.05, 0) is 48.7 Å². The first-order chi connectivity index (χ1) is 11.5. The standard InChI is InChI=1S/C19H23N3O2/c1-14-5-4-6-18(15(14)2)21-19(24)9-12-22(16(3)23)13-17-7-10-20-11-8-17/h4-8,10-11H,9,12-13H2,1-3H3,(H,21,24). The third-order valence-electron chi connectivity index (χ3n) is 4.06. The molecule has 0 atom stereocenters. The summed E-state index contributed by atoms with van der Waals surface area (Å²) in [6.45, 7) is 6.38. The van der Waals surface area contributed by atoms with Gasteiger partial charge in [-0.3, -0.25) is 14.6 Å². The van der Waals surface area contributed by atoms with Gasteiger partial charge < -0.3 is 10.2 Å². The third kappa shape index (κ3) is 4.91. The predicted octanol–water partition coefficient (Wildman–Crippen LogP) is 3.08. The molecule has 0 spiro atoms. The second-order valence-electron chi connectivity index (χ2n) is 5.84. The van der Waals surface area contributed by atoms with Crippen LogP contribution in [0.3, 0.4) is 0 Å². The van der Waals surface area contributed by atoms with Crippen LogP contribution in [0.25, 0.3) is 0 Å². The number of amides is 2. The Kier molecular flexibility index (Phi) is 6.07. The van der Waals surface area contributed by atoms with Crippen molar-refractivity contribution in [3.8, 4) is 0 Å². The number of nitrogens with zero attached hydrogens (tertiary/aromatic N) is 2. The Balaban J connectivity index is 1.93. The van der Waals surface area contributed by atoms with E-state index >= 15 is 0 Å². The zero-order valence-electron chi connectivity index (χ0n) is 14.4. The number of pyridine rings is 1. The van der Waals surface area contributed by atoms with Crippen molar-refractivity contribution in [1.29, 1.82) is 0 Å². The van der Waals surface area contributed by atoms with Crippen LogP contribution in [0.4, 0.5) is 5.69 Å². The molecule has 0 aliphatic carbocycles. The maximum Gasteiger partial charge on any atom is 0.226 e. The topological polar surface area (TPSA) is 62.3 Å². The van der Waals surface area contributed by atoms with Crippen molar-refractivity contribution in [3.05, 3.63) is 59.4 Å². The summed E-state index contributed by atoms with van der Waals surface area (Å²) < 4.78 is 0. The molecule has 1 aromatic heterocycles. The molecule has 24 heavy (non-hydrogen) atoms. The number of aryl methyl sites for hydroxylation is 1. The lowest BCUT2D eigenvalue weighted by atomic mass is 10.1. The summed E-state index contributed by atoms with van der Waals surface area (Å²) in [7, 11) is 0. The lowest BCUT2D eigenvalue weighted by Gasteiger charge is -2.21. The number of benzene rings is 1. The van der Waals surface area contributed by atoms with Crippen LogP contribution >= 0.6 is 0 Å². The second-order valence-corrected chi connectivity index (χ2v) is 5.84. The van der Waals surface area contributed by atoms with E-state index < -0.39 is 0 Å². The molecule has 5 nitrogen and oxygen atoms in total. The van der Waals surface area contributed by atoms with E-state index in [4.69, 9.17) is 0 Å². The van der Waals surface area contributed by atoms with Gasteiger partial charge in [-0.1, -0.05) is 12.1 Å². The lowest BCUT2D eigenvalue weighted by molar-refractivity contribution is -0.129. The first kappa shape index (κ1) is 17.7. The van der Waals surface area contributed by atoms with Crippen LogP contribution in [0.15, 0.2) is 42.7 Å². The van der Waals surface area contributed by atoms with E-state index in [1.807, 2.05) is 44.2 Å². The van der Waals surface area contributed by atoms with E-state index in [0.717, 1.165) is 22.4 Å². The molecule has 2 rings (SSSR count). The van der Waals surface area contributed by atoms with Crippen LogP contribution in [0.5, 0.6) is 0 Å². The van der Waals surface area contributed by atoms with Crippen LogP contribution in [0.1, 0.15) is 30.0 Å². The van der Waals surface area contributed by atoms with Crippen molar-refractivity contribution in [2.75, 3.05) is 11.9 Å². The summed E-state index contributed by atoms with van der Waals surface area (Å²) in [6.07, 6.45) is 3.65. The molecule has 0 aliphatic heterocycles. The first-order valence-electron chi connectivity index (χ1n) is 7.98. The van der Waals surface area contributed by atoms with Crippen molar-refractivity contribution < 1.29 is 9.59 Å². The lowest BCUT2D eigenvalue weighted by Crippen LogP contribution is -2.31. The number of carbonyl (C=O) groups excluding carboxylic acids is 2. The Labute approximate surface area is 142 Å². The summed E-state index contributed by atoms with van der Waals surface area (Å²) in [5, 5.41) is 2.92. The highest BCUT2D eigenvalue weighted by molar-refractivity contribution is 5.92. The highest BCUT2D eigenvalue weighted by atomic mass is 16.2. The zero-order valence-corrected chi connectivity index (χ0v) is 14.4. The minimum absolute atomic E-state index is 0.0497. The van der Waals surface area contributed by atoms with Crippen LogP contribution in [-0.2, 0) is 16.1 Å². The van der Waals surface area contributed by atoms with Crippen molar-refractivity contribution in [1.82, 2.24) is 9.88 Å². The Bertz CT molecular complexity index is 714. The fourth-order valence-electron chi connectivity index (χ4n) is 2.39. The Morgan fingerprint density at radius 2 is 1.83 bits per heavy atom. The van der Waals surface area contributed by atoms with Crippen molar-refractivity contribution >= 4 is 17.5 Å². The Morgan fingerprint density at radius 3 is 2.50 bits per heavy atom. The molecule has 126 valence electrons. The van der Waals surface area contributed by atoms with Crippen LogP contribution < -0.4 is 5.32 Å². The number of rotatable bonds is 6. The van der Waals surface area contributed by atoms with Gasteiger partial charge >= 0.3 is 0 Å². The number of hydrogen-bond donors (Lipinski definition) is 1. The van der Waals surface area contributed by atoms with E-state index in [2.05, 4.69) is 10.3 Å². The number of hydrogen-bond acceptors (Lipinski definition) is 3. The second kappa shape index (κ2) is 8.24. The third-order valence-corrected chi connectivity index (χ3v) is 4.06. The zero-order chi connectivity index (χ0) is 17.5. The number of carbonyl (C=O) groups is 2. The largest absolute Gasteiger partial charge is 0.338 e. The average Bonchev–Trinajstić information content (AvgIpc) is 2.56. The minimum Gasteiger partial charge on any atom is -0.338 e. The predicted molar refractivity (Wildman–Crippen MR) is 94.5 cm³/mol. The van der Waals surface area contributed by atoms with E-state index in [9.17, 15) is 9.59 Å². The summed E-state index contributed by atoms with van der Waals surface area (Å²) >= 11 is 0. The summed E-state index contributed by atoms with van der Waals surface area (Å²) in [5.41, 5.74) is 4.01. The molecule has 0 fully saturated rings. The summed E-state index contributed by atoms with van der Waals surface area (Å²) in [6, 6.07) is 9.55. The van der Waals surface area contributed by atoms with Gasteiger partial charge in [0.05, 0.1) is 0 Å². The van der Waals surface area contributed by atoms with E-state index in [1.165, 1.54) is 6.92 Å². The Morgan fingerprint density at radius 1 is 1.12 bits per heavy atom. The Hall–Kier alpha value is -2.69. The van der Waals surface area contributed by atoms with Gasteiger partial charge in [-0.15, -0.1) is 0 Å². The molecule has 0 aliphatic rings. The minimum atomic E-state index is -0.0929. The van der Waals surface area contributed by atoms with Gasteiger partial charge in [0.1, 0.15) is 0 Å². The molecule has 0 saturated carbocycles. The quantitative estimate of drug-likeness (QED) is 0.888. The monoisotopic (exact) mass is 325 g/mol. The summed E-state index contributed by atoms with van der Waals surface area (Å²) in [4.78, 5) is 29.6. The molecule has 2 aromatic rings. The fraction of sp³-hybridized carbons (Fsp3) is 0.316. The van der Waals surface area contributed by atoms with Crippen LogP contribution in [0, 0.1) is 13.8 Å². The molecular formula is C19H23N3O2. The van der Waals surface area contributed by atoms with E-state index in [0.29, 0.717) is 13.1 Å². The molecule has 5 heteroatoms. The SMILES string of the molecule is CC(=O)N(CCC(=O)Nc1cccc(C)c1C)Cc1ccncc1.